The van der Waals surface area contributed by atoms with E-state index < -0.39 is 24.0 Å². The van der Waals surface area contributed by atoms with Crippen molar-refractivity contribution in [3.8, 4) is 5.75 Å². The lowest BCUT2D eigenvalue weighted by atomic mass is 10.1. The van der Waals surface area contributed by atoms with Crippen LogP contribution in [0.4, 0.5) is 4.39 Å². The molecular weight excluding hydrogens is 307 g/mol. The first-order valence-electron chi connectivity index (χ1n) is 6.64. The zero-order valence-corrected chi connectivity index (χ0v) is 12.0. The molecule has 1 amide bonds. The molecule has 0 unspecified atom stereocenters. The second kappa shape index (κ2) is 7.63. The number of ether oxygens (including phenoxy) is 1. The van der Waals surface area contributed by atoms with E-state index in [0.29, 0.717) is 5.56 Å². The Kier molecular flexibility index (Phi) is 5.58. The van der Waals surface area contributed by atoms with Gasteiger partial charge < -0.3 is 14.9 Å². The molecule has 0 aliphatic rings. The number of aromatic nitrogens is 1. The summed E-state index contributed by atoms with van der Waals surface area (Å²) in [4.78, 5) is 15.0. The maximum atomic E-state index is 12.8. The Balaban J connectivity index is 2.09. The first kappa shape index (κ1) is 16.8. The summed E-state index contributed by atoms with van der Waals surface area (Å²) in [6, 6.07) is 5.78. The second-order valence-corrected chi connectivity index (χ2v) is 4.68. The molecule has 0 atom stereocenters. The van der Waals surface area contributed by atoms with Crippen molar-refractivity contribution >= 4 is 5.91 Å². The number of amides is 1. The number of nitrogens with one attached hydrogen (secondary N) is 1. The minimum atomic E-state index is -0.990. The zero-order chi connectivity index (χ0) is 16.8. The molecule has 2 rings (SSSR count). The monoisotopic (exact) mass is 322 g/mol. The predicted molar refractivity (Wildman–Crippen MR) is 76.0 cm³/mol. The maximum absolute atomic E-state index is 12.8. The van der Waals surface area contributed by atoms with Crippen LogP contribution >= 0.6 is 0 Å². The average molecular weight is 322 g/mol. The molecule has 0 aliphatic carbocycles. The van der Waals surface area contributed by atoms with Crippen LogP contribution in [0.25, 0.3) is 0 Å². The van der Waals surface area contributed by atoms with Crippen molar-refractivity contribution in [3.63, 3.8) is 0 Å². The zero-order valence-electron chi connectivity index (χ0n) is 12.0. The van der Waals surface area contributed by atoms with Gasteiger partial charge in [0, 0.05) is 17.3 Å². The third-order valence-electron chi connectivity index (χ3n) is 3.16. The summed E-state index contributed by atoms with van der Waals surface area (Å²) in [7, 11) is 0. The highest BCUT2D eigenvalue weighted by atomic mass is 19.1. The number of halogens is 1. The van der Waals surface area contributed by atoms with E-state index in [4.69, 9.17) is 9.94 Å². The molecule has 1 aromatic heterocycles. The van der Waals surface area contributed by atoms with Gasteiger partial charge in [0.1, 0.15) is 5.82 Å². The van der Waals surface area contributed by atoms with Gasteiger partial charge >= 0.3 is 0 Å². The molecule has 7 nitrogen and oxygen atoms in total. The van der Waals surface area contributed by atoms with E-state index in [-0.39, 0.29) is 24.6 Å². The quantitative estimate of drug-likeness (QED) is 0.470. The van der Waals surface area contributed by atoms with Crippen molar-refractivity contribution in [3.05, 3.63) is 58.7 Å². The lowest BCUT2D eigenvalue weighted by Crippen LogP contribution is -2.21. The molecule has 0 aliphatic heterocycles. The number of aliphatic hydroxyl groups is 1. The molecule has 122 valence electrons. The van der Waals surface area contributed by atoms with Crippen LogP contribution in [0.2, 0.25) is 0 Å². The van der Waals surface area contributed by atoms with Gasteiger partial charge in [0.05, 0.1) is 19.8 Å². The fraction of sp³-hybridized carbons (Fsp3) is 0.200. The van der Waals surface area contributed by atoms with E-state index in [2.05, 4.69) is 4.98 Å². The molecule has 0 saturated carbocycles. The number of rotatable bonds is 6. The Morgan fingerprint density at radius 3 is 2.57 bits per heavy atom. The van der Waals surface area contributed by atoms with Crippen molar-refractivity contribution < 1.29 is 29.3 Å². The van der Waals surface area contributed by atoms with Gasteiger partial charge in [0.2, 0.25) is 0 Å². The van der Waals surface area contributed by atoms with Crippen molar-refractivity contribution in [1.82, 2.24) is 10.5 Å². The van der Waals surface area contributed by atoms with Gasteiger partial charge in [-0.05, 0) is 17.7 Å². The van der Waals surface area contributed by atoms with Gasteiger partial charge in [0.15, 0.2) is 11.4 Å². The third kappa shape index (κ3) is 4.01. The van der Waals surface area contributed by atoms with Crippen LogP contribution in [0.15, 0.2) is 30.5 Å². The fourth-order valence-corrected chi connectivity index (χ4v) is 1.96. The summed E-state index contributed by atoms with van der Waals surface area (Å²) in [5.74, 6) is -1.86. The third-order valence-corrected chi connectivity index (χ3v) is 3.16. The first-order chi connectivity index (χ1) is 11.1. The molecule has 0 fully saturated rings. The number of hydroxylamine groups is 1. The smallest absolute Gasteiger partial charge is 0.297 e. The van der Waals surface area contributed by atoms with Crippen LogP contribution in [0.1, 0.15) is 27.2 Å². The van der Waals surface area contributed by atoms with Crippen LogP contribution in [0.3, 0.4) is 0 Å². The standard InChI is InChI=1S/C15H15FN2O5/c16-11-3-1-9(2-4-11)7-23-8-10-5-17-13(15(21)18-22)14(20)12(10)6-19/h1-5,19-20,22H,6-8H2,(H,18,21). The van der Waals surface area contributed by atoms with Gasteiger partial charge in [-0.25, -0.2) is 14.9 Å². The molecular formula is C15H15FN2O5. The Morgan fingerprint density at radius 2 is 1.96 bits per heavy atom. The summed E-state index contributed by atoms with van der Waals surface area (Å²) < 4.78 is 18.2. The first-order valence-corrected chi connectivity index (χ1v) is 6.64. The van der Waals surface area contributed by atoms with E-state index in [0.717, 1.165) is 5.56 Å². The molecule has 2 aromatic rings. The van der Waals surface area contributed by atoms with Crippen molar-refractivity contribution in [2.75, 3.05) is 0 Å². The number of carbonyl (C=O) groups excluding carboxylic acids is 1. The number of pyridine rings is 1. The summed E-state index contributed by atoms with van der Waals surface area (Å²) >= 11 is 0. The summed E-state index contributed by atoms with van der Waals surface area (Å²) in [5.41, 5.74) is 2.18. The lowest BCUT2D eigenvalue weighted by Gasteiger charge is -2.12. The van der Waals surface area contributed by atoms with Crippen LogP contribution < -0.4 is 5.48 Å². The highest BCUT2D eigenvalue weighted by Gasteiger charge is 2.18. The van der Waals surface area contributed by atoms with Crippen LogP contribution in [-0.2, 0) is 24.6 Å². The highest BCUT2D eigenvalue weighted by Crippen LogP contribution is 2.25. The van der Waals surface area contributed by atoms with Crippen molar-refractivity contribution in [2.24, 2.45) is 0 Å². The Hall–Kier alpha value is -2.55. The van der Waals surface area contributed by atoms with E-state index >= 15 is 0 Å². The van der Waals surface area contributed by atoms with Crippen LogP contribution in [-0.4, -0.2) is 26.3 Å². The number of aromatic hydroxyl groups is 1. The van der Waals surface area contributed by atoms with Crippen LogP contribution in [0, 0.1) is 5.82 Å². The SMILES string of the molecule is O=C(NO)c1ncc(COCc2ccc(F)cc2)c(CO)c1O. The van der Waals surface area contributed by atoms with Gasteiger partial charge in [-0.3, -0.25) is 10.0 Å². The minimum Gasteiger partial charge on any atom is -0.505 e. The van der Waals surface area contributed by atoms with E-state index in [9.17, 15) is 19.4 Å². The van der Waals surface area contributed by atoms with Crippen molar-refractivity contribution in [2.45, 2.75) is 19.8 Å². The molecule has 0 bridgehead atoms. The number of aliphatic hydroxyl groups excluding tert-OH is 1. The fourth-order valence-electron chi connectivity index (χ4n) is 1.96. The average Bonchev–Trinajstić information content (AvgIpc) is 2.56. The van der Waals surface area contributed by atoms with Gasteiger partial charge in [-0.1, -0.05) is 12.1 Å². The molecule has 1 aromatic carbocycles. The summed E-state index contributed by atoms with van der Waals surface area (Å²) in [6.45, 7) is -0.311. The summed E-state index contributed by atoms with van der Waals surface area (Å²) in [5, 5.41) is 27.8. The number of nitrogens with zero attached hydrogens (tertiary/aromatic N) is 1. The number of carbonyl (C=O) groups is 1. The largest absolute Gasteiger partial charge is 0.505 e. The van der Waals surface area contributed by atoms with Gasteiger partial charge in [-0.15, -0.1) is 0 Å². The van der Waals surface area contributed by atoms with E-state index in [1.807, 2.05) is 0 Å². The Morgan fingerprint density at radius 1 is 1.26 bits per heavy atom. The molecule has 0 spiro atoms. The molecule has 4 N–H and O–H groups in total. The highest BCUT2D eigenvalue weighted by molar-refractivity contribution is 5.94. The molecule has 23 heavy (non-hydrogen) atoms. The predicted octanol–water partition coefficient (Wildman–Crippen LogP) is 1.25. The molecule has 0 saturated heterocycles. The lowest BCUT2D eigenvalue weighted by molar-refractivity contribution is 0.0696. The number of benzene rings is 1. The maximum Gasteiger partial charge on any atom is 0.297 e. The topological polar surface area (TPSA) is 112 Å². The molecule has 0 radical (unpaired) electrons. The molecule has 8 heteroatoms. The Bertz CT molecular complexity index is 691. The second-order valence-electron chi connectivity index (χ2n) is 4.68. The normalized spacial score (nSPS) is 10.6. The summed E-state index contributed by atoms with van der Waals surface area (Å²) in [6.07, 6.45) is 1.26. The Labute approximate surface area is 130 Å². The molecule has 1 heterocycles. The van der Waals surface area contributed by atoms with Crippen molar-refractivity contribution in [1.29, 1.82) is 0 Å². The van der Waals surface area contributed by atoms with Gasteiger partial charge in [-0.2, -0.15) is 0 Å². The number of hydrogen-bond donors (Lipinski definition) is 4. The van der Waals surface area contributed by atoms with E-state index in [1.54, 1.807) is 12.1 Å². The number of hydrogen-bond acceptors (Lipinski definition) is 6. The minimum absolute atomic E-state index is 0.0227. The van der Waals surface area contributed by atoms with Crippen LogP contribution in [0.5, 0.6) is 5.75 Å². The van der Waals surface area contributed by atoms with Gasteiger partial charge in [0.25, 0.3) is 5.91 Å². The van der Waals surface area contributed by atoms with E-state index in [1.165, 1.54) is 23.8 Å².